The van der Waals surface area contributed by atoms with Crippen LogP contribution in [0.5, 0.6) is 0 Å². The summed E-state index contributed by atoms with van der Waals surface area (Å²) in [7, 11) is 0. The van der Waals surface area contributed by atoms with Gasteiger partial charge in [0, 0.05) is 40.8 Å². The number of nitrogens with one attached hydrogen (secondary N) is 1. The van der Waals surface area contributed by atoms with Crippen molar-refractivity contribution in [1.82, 2.24) is 4.90 Å². The van der Waals surface area contributed by atoms with Crippen LogP contribution in [0.3, 0.4) is 0 Å². The Morgan fingerprint density at radius 2 is 1.74 bits per heavy atom. The fraction of sp³-hybridized carbons (Fsp3) is 0.250. The number of carbonyl (C=O) groups is 3. The van der Waals surface area contributed by atoms with E-state index >= 15 is 0 Å². The molecule has 2 aliphatic rings. The van der Waals surface area contributed by atoms with Crippen LogP contribution in [0.2, 0.25) is 5.02 Å². The van der Waals surface area contributed by atoms with Crippen LogP contribution in [0.4, 0.5) is 5.69 Å². The lowest BCUT2D eigenvalue weighted by Gasteiger charge is -2.34. The third-order valence-electron chi connectivity index (χ3n) is 6.81. The van der Waals surface area contributed by atoms with E-state index in [4.69, 9.17) is 16.3 Å². The molecule has 1 heterocycles. The van der Waals surface area contributed by atoms with E-state index in [1.807, 2.05) is 47.4 Å². The zero-order valence-electron chi connectivity index (χ0n) is 19.1. The van der Waals surface area contributed by atoms with Crippen LogP contribution in [0.1, 0.15) is 52.0 Å². The van der Waals surface area contributed by atoms with Gasteiger partial charge in [-0.2, -0.15) is 0 Å². The Morgan fingerprint density at radius 1 is 1.00 bits per heavy atom. The quantitative estimate of drug-likeness (QED) is 0.451. The lowest BCUT2D eigenvalue weighted by molar-refractivity contribution is -0.135. The van der Waals surface area contributed by atoms with E-state index < -0.39 is 0 Å². The van der Waals surface area contributed by atoms with Crippen molar-refractivity contribution in [1.29, 1.82) is 0 Å². The van der Waals surface area contributed by atoms with Gasteiger partial charge in [0.2, 0.25) is 0 Å². The van der Waals surface area contributed by atoms with Crippen molar-refractivity contribution in [2.24, 2.45) is 0 Å². The molecule has 3 aromatic carbocycles. The zero-order chi connectivity index (χ0) is 24.4. The number of halogens is 1. The number of ether oxygens (including phenoxy) is 1. The van der Waals surface area contributed by atoms with Gasteiger partial charge in [0.25, 0.3) is 18.3 Å². The Labute approximate surface area is 208 Å². The van der Waals surface area contributed by atoms with Gasteiger partial charge >= 0.3 is 0 Å². The highest BCUT2D eigenvalue weighted by Gasteiger charge is 2.36. The van der Waals surface area contributed by atoms with Gasteiger partial charge < -0.3 is 15.0 Å². The van der Waals surface area contributed by atoms with Crippen molar-refractivity contribution in [3.8, 4) is 11.1 Å². The Bertz CT molecular complexity index is 1260. The predicted molar refractivity (Wildman–Crippen MR) is 134 cm³/mol. The Balaban J connectivity index is 1.28. The SMILES string of the molecule is O=COC1CCCC(N2Cc3ccc(-c4ccc(NC(=O)c5ccc(Cl)cc5)cc4)cc3C2=O)C1. The van der Waals surface area contributed by atoms with E-state index in [2.05, 4.69) is 5.32 Å². The largest absolute Gasteiger partial charge is 0.465 e. The number of carbonyl (C=O) groups excluding carboxylic acids is 3. The molecule has 1 aliphatic carbocycles. The van der Waals surface area contributed by atoms with E-state index in [0.717, 1.165) is 41.5 Å². The van der Waals surface area contributed by atoms with E-state index in [0.29, 0.717) is 35.7 Å². The second-order valence-corrected chi connectivity index (χ2v) is 9.45. The fourth-order valence-electron chi connectivity index (χ4n) is 4.95. The number of benzene rings is 3. The van der Waals surface area contributed by atoms with Gasteiger partial charge in [-0.3, -0.25) is 14.4 Å². The highest BCUT2D eigenvalue weighted by molar-refractivity contribution is 6.30. The number of anilines is 1. The molecule has 2 atom stereocenters. The van der Waals surface area contributed by atoms with Gasteiger partial charge in [0.15, 0.2) is 0 Å². The van der Waals surface area contributed by atoms with Crippen molar-refractivity contribution >= 4 is 35.6 Å². The number of nitrogens with zero attached hydrogens (tertiary/aromatic N) is 1. The molecule has 0 aromatic heterocycles. The van der Waals surface area contributed by atoms with Crippen molar-refractivity contribution in [3.05, 3.63) is 88.4 Å². The maximum Gasteiger partial charge on any atom is 0.293 e. The lowest BCUT2D eigenvalue weighted by atomic mass is 9.92. The normalized spacial score (nSPS) is 19.2. The van der Waals surface area contributed by atoms with Crippen molar-refractivity contribution < 1.29 is 19.1 Å². The smallest absolute Gasteiger partial charge is 0.293 e. The molecule has 2 amide bonds. The molecule has 6 nitrogen and oxygen atoms in total. The summed E-state index contributed by atoms with van der Waals surface area (Å²) in [6.45, 7) is 1.09. The van der Waals surface area contributed by atoms with Crippen LogP contribution in [-0.4, -0.2) is 35.3 Å². The first kappa shape index (κ1) is 23.1. The van der Waals surface area contributed by atoms with Crippen LogP contribution in [0.15, 0.2) is 66.7 Å². The van der Waals surface area contributed by atoms with Crippen LogP contribution in [0.25, 0.3) is 11.1 Å². The number of hydrogen-bond acceptors (Lipinski definition) is 4. The summed E-state index contributed by atoms with van der Waals surface area (Å²) in [5, 5.41) is 3.47. The van der Waals surface area contributed by atoms with Gasteiger partial charge in [-0.05, 0) is 78.4 Å². The minimum absolute atomic E-state index is 0.0328. The van der Waals surface area contributed by atoms with E-state index in [9.17, 15) is 14.4 Å². The molecular formula is C28H25ClN2O4. The molecule has 178 valence electrons. The first-order valence-electron chi connectivity index (χ1n) is 11.7. The van der Waals surface area contributed by atoms with Gasteiger partial charge in [-0.1, -0.05) is 35.9 Å². The maximum absolute atomic E-state index is 13.2. The summed E-state index contributed by atoms with van der Waals surface area (Å²) in [6.07, 6.45) is 3.29. The molecule has 3 aromatic rings. The molecule has 0 bridgehead atoms. The number of amides is 2. The van der Waals surface area contributed by atoms with Crippen molar-refractivity contribution in [2.45, 2.75) is 44.4 Å². The van der Waals surface area contributed by atoms with Gasteiger partial charge in [0.1, 0.15) is 6.10 Å². The van der Waals surface area contributed by atoms with Crippen molar-refractivity contribution in [3.63, 3.8) is 0 Å². The third kappa shape index (κ3) is 4.93. The molecule has 1 aliphatic heterocycles. The van der Waals surface area contributed by atoms with E-state index in [-0.39, 0.29) is 24.0 Å². The zero-order valence-corrected chi connectivity index (χ0v) is 19.8. The molecule has 1 fully saturated rings. The summed E-state index contributed by atoms with van der Waals surface area (Å²) in [4.78, 5) is 38.3. The maximum atomic E-state index is 13.2. The Kier molecular flexibility index (Phi) is 6.55. The molecule has 7 heteroatoms. The highest BCUT2D eigenvalue weighted by Crippen LogP contribution is 2.34. The van der Waals surface area contributed by atoms with Gasteiger partial charge in [0.05, 0.1) is 0 Å². The lowest BCUT2D eigenvalue weighted by Crippen LogP contribution is -2.40. The monoisotopic (exact) mass is 488 g/mol. The number of hydrogen-bond donors (Lipinski definition) is 1. The molecule has 1 N–H and O–H groups in total. The molecular weight excluding hydrogens is 464 g/mol. The minimum Gasteiger partial charge on any atom is -0.465 e. The summed E-state index contributed by atoms with van der Waals surface area (Å²) in [5.74, 6) is -0.174. The molecule has 1 saturated carbocycles. The average molecular weight is 489 g/mol. The van der Waals surface area contributed by atoms with Gasteiger partial charge in [-0.25, -0.2) is 0 Å². The standard InChI is InChI=1S/C28H25ClN2O4/c29-22-10-6-19(7-11-22)27(33)30-23-12-8-18(9-13-23)20-4-5-21-16-31(28(34)26(21)14-20)24-2-1-3-25(15-24)35-17-32/h4-14,17,24-25H,1-3,15-16H2,(H,30,33). The second kappa shape index (κ2) is 9.92. The summed E-state index contributed by atoms with van der Waals surface area (Å²) in [5.41, 5.74) is 4.86. The van der Waals surface area contributed by atoms with E-state index in [1.54, 1.807) is 24.3 Å². The number of rotatable bonds is 6. The summed E-state index contributed by atoms with van der Waals surface area (Å²) < 4.78 is 5.18. The first-order valence-corrected chi connectivity index (χ1v) is 12.1. The fourth-order valence-corrected chi connectivity index (χ4v) is 5.08. The van der Waals surface area contributed by atoms with Crippen LogP contribution in [-0.2, 0) is 16.1 Å². The molecule has 35 heavy (non-hydrogen) atoms. The molecule has 0 radical (unpaired) electrons. The molecule has 2 unspecified atom stereocenters. The molecule has 0 saturated heterocycles. The molecule has 5 rings (SSSR count). The predicted octanol–water partition coefficient (Wildman–Crippen LogP) is 5.70. The highest BCUT2D eigenvalue weighted by atomic mass is 35.5. The van der Waals surface area contributed by atoms with Crippen LogP contribution in [0, 0.1) is 0 Å². The third-order valence-corrected chi connectivity index (χ3v) is 7.06. The first-order chi connectivity index (χ1) is 17.0. The average Bonchev–Trinajstić information content (AvgIpc) is 3.21. The van der Waals surface area contributed by atoms with Crippen molar-refractivity contribution in [2.75, 3.05) is 5.32 Å². The minimum atomic E-state index is -0.207. The summed E-state index contributed by atoms with van der Waals surface area (Å²) in [6, 6.07) is 20.3. The van der Waals surface area contributed by atoms with Gasteiger partial charge in [-0.15, -0.1) is 0 Å². The van der Waals surface area contributed by atoms with Crippen LogP contribution >= 0.6 is 11.6 Å². The number of fused-ring (bicyclic) bond motifs is 1. The Hall–Kier alpha value is -3.64. The second-order valence-electron chi connectivity index (χ2n) is 9.02. The van der Waals surface area contributed by atoms with Crippen LogP contribution < -0.4 is 5.32 Å². The Morgan fingerprint density at radius 3 is 2.49 bits per heavy atom. The topological polar surface area (TPSA) is 75.7 Å². The molecule has 0 spiro atoms. The van der Waals surface area contributed by atoms with E-state index in [1.165, 1.54) is 0 Å². The summed E-state index contributed by atoms with van der Waals surface area (Å²) >= 11 is 5.89.